The first-order valence-corrected chi connectivity index (χ1v) is 7.20. The summed E-state index contributed by atoms with van der Waals surface area (Å²) in [6.45, 7) is 0.793. The van der Waals surface area contributed by atoms with E-state index in [0.717, 1.165) is 0 Å². The number of ether oxygens (including phenoxy) is 2. The van der Waals surface area contributed by atoms with Crippen LogP contribution in [0.1, 0.15) is 20.8 Å². The number of esters is 1. The molecule has 0 aliphatic rings. The third-order valence-electron chi connectivity index (χ3n) is 3.06. The first-order valence-electron chi connectivity index (χ1n) is 7.20. The van der Waals surface area contributed by atoms with Crippen LogP contribution in [-0.2, 0) is 9.47 Å². The highest BCUT2D eigenvalue weighted by molar-refractivity contribution is 5.96. The average Bonchev–Trinajstić information content (AvgIpc) is 2.62. The molecule has 2 rings (SSSR count). The van der Waals surface area contributed by atoms with Crippen molar-refractivity contribution in [1.82, 2.24) is 15.3 Å². The number of hydrogen-bond donors (Lipinski definition) is 2. The molecule has 0 atom stereocenters. The molecule has 8 heteroatoms. The van der Waals surface area contributed by atoms with Crippen molar-refractivity contribution < 1.29 is 19.1 Å². The second-order valence-corrected chi connectivity index (χ2v) is 4.68. The van der Waals surface area contributed by atoms with Gasteiger partial charge in [-0.25, -0.2) is 14.8 Å². The Bertz CT molecular complexity index is 721. The molecule has 1 amide bonds. The van der Waals surface area contributed by atoms with Gasteiger partial charge < -0.3 is 20.1 Å². The Morgan fingerprint density at radius 1 is 1.17 bits per heavy atom. The van der Waals surface area contributed by atoms with Crippen LogP contribution in [0.4, 0.5) is 11.6 Å². The van der Waals surface area contributed by atoms with Gasteiger partial charge in [-0.2, -0.15) is 0 Å². The second kappa shape index (κ2) is 8.59. The molecule has 2 aromatic rings. The molecule has 0 bridgehead atoms. The predicted molar refractivity (Wildman–Crippen MR) is 87.3 cm³/mol. The lowest BCUT2D eigenvalue weighted by molar-refractivity contribution is 0.0601. The number of aromatic nitrogens is 2. The molecule has 1 aromatic heterocycles. The monoisotopic (exact) mass is 330 g/mol. The van der Waals surface area contributed by atoms with Crippen LogP contribution in [0.25, 0.3) is 0 Å². The first kappa shape index (κ1) is 17.4. The Morgan fingerprint density at radius 2 is 1.96 bits per heavy atom. The zero-order chi connectivity index (χ0) is 17.4. The molecule has 1 heterocycles. The van der Waals surface area contributed by atoms with E-state index in [1.54, 1.807) is 31.4 Å². The Labute approximate surface area is 139 Å². The van der Waals surface area contributed by atoms with Crippen LogP contribution in [0.5, 0.6) is 0 Å². The van der Waals surface area contributed by atoms with Crippen molar-refractivity contribution in [2.75, 3.05) is 32.7 Å². The van der Waals surface area contributed by atoms with E-state index in [9.17, 15) is 9.59 Å². The number of nitrogens with zero attached hydrogens (tertiary/aromatic N) is 2. The molecule has 0 radical (unpaired) electrons. The molecule has 2 N–H and O–H groups in total. The molecule has 0 aliphatic heterocycles. The van der Waals surface area contributed by atoms with Gasteiger partial charge in [0.05, 0.1) is 25.0 Å². The highest BCUT2D eigenvalue weighted by Gasteiger charge is 2.13. The molecular formula is C16H18N4O4. The van der Waals surface area contributed by atoms with Crippen LogP contribution in [0, 0.1) is 0 Å². The number of benzene rings is 1. The van der Waals surface area contributed by atoms with E-state index >= 15 is 0 Å². The van der Waals surface area contributed by atoms with Gasteiger partial charge in [-0.1, -0.05) is 12.1 Å². The van der Waals surface area contributed by atoms with Crippen molar-refractivity contribution in [2.45, 2.75) is 0 Å². The fourth-order valence-corrected chi connectivity index (χ4v) is 1.90. The van der Waals surface area contributed by atoms with Crippen LogP contribution in [0.15, 0.2) is 36.5 Å². The Kier molecular flexibility index (Phi) is 6.21. The number of methoxy groups -OCH3 is 2. The molecular weight excluding hydrogens is 312 g/mol. The van der Waals surface area contributed by atoms with Gasteiger partial charge in [0.2, 0.25) is 5.95 Å². The topological polar surface area (TPSA) is 102 Å². The summed E-state index contributed by atoms with van der Waals surface area (Å²) in [5.74, 6) is -0.615. The van der Waals surface area contributed by atoms with Crippen LogP contribution in [0.3, 0.4) is 0 Å². The predicted octanol–water partition coefficient (Wildman–Crippen LogP) is 1.38. The van der Waals surface area contributed by atoms with Crippen molar-refractivity contribution >= 4 is 23.5 Å². The van der Waals surface area contributed by atoms with Crippen molar-refractivity contribution in [1.29, 1.82) is 0 Å². The maximum Gasteiger partial charge on any atom is 0.339 e. The van der Waals surface area contributed by atoms with E-state index in [1.807, 2.05) is 0 Å². The highest BCUT2D eigenvalue weighted by Crippen LogP contribution is 2.19. The second-order valence-electron chi connectivity index (χ2n) is 4.68. The van der Waals surface area contributed by atoms with Crippen molar-refractivity contribution in [2.24, 2.45) is 0 Å². The minimum absolute atomic E-state index is 0.200. The summed E-state index contributed by atoms with van der Waals surface area (Å²) in [6, 6.07) is 8.30. The number of amides is 1. The lowest BCUT2D eigenvalue weighted by atomic mass is 10.2. The molecule has 24 heavy (non-hydrogen) atoms. The molecule has 0 saturated heterocycles. The number of anilines is 2. The molecule has 126 valence electrons. The summed E-state index contributed by atoms with van der Waals surface area (Å²) in [4.78, 5) is 32.0. The smallest absolute Gasteiger partial charge is 0.339 e. The SMILES string of the molecule is COCCNC(=O)c1ccnc(Nc2ccccc2C(=O)OC)n1. The fraction of sp³-hybridized carbons (Fsp3) is 0.250. The normalized spacial score (nSPS) is 10.1. The number of hydrogen-bond acceptors (Lipinski definition) is 7. The summed E-state index contributed by atoms with van der Waals surface area (Å²) < 4.78 is 9.61. The highest BCUT2D eigenvalue weighted by atomic mass is 16.5. The fourth-order valence-electron chi connectivity index (χ4n) is 1.90. The minimum Gasteiger partial charge on any atom is -0.465 e. The Balaban J connectivity index is 2.15. The van der Waals surface area contributed by atoms with Gasteiger partial charge in [-0.3, -0.25) is 4.79 Å². The van der Waals surface area contributed by atoms with Crippen LogP contribution >= 0.6 is 0 Å². The van der Waals surface area contributed by atoms with E-state index in [-0.39, 0.29) is 17.5 Å². The van der Waals surface area contributed by atoms with Crippen molar-refractivity contribution in [3.05, 3.63) is 47.8 Å². The van der Waals surface area contributed by atoms with Gasteiger partial charge in [-0.05, 0) is 18.2 Å². The molecule has 0 unspecified atom stereocenters. The first-order chi connectivity index (χ1) is 11.7. The van der Waals surface area contributed by atoms with Gasteiger partial charge in [0.25, 0.3) is 5.91 Å². The van der Waals surface area contributed by atoms with Crippen LogP contribution in [-0.4, -0.2) is 49.2 Å². The summed E-state index contributed by atoms with van der Waals surface area (Å²) in [7, 11) is 2.86. The van der Waals surface area contributed by atoms with Gasteiger partial charge in [0.15, 0.2) is 0 Å². The lowest BCUT2D eigenvalue weighted by Gasteiger charge is -2.10. The summed E-state index contributed by atoms with van der Waals surface area (Å²) in [6.07, 6.45) is 1.46. The summed E-state index contributed by atoms with van der Waals surface area (Å²) >= 11 is 0. The number of nitrogens with one attached hydrogen (secondary N) is 2. The quantitative estimate of drug-likeness (QED) is 0.584. The van der Waals surface area contributed by atoms with Crippen molar-refractivity contribution in [3.8, 4) is 0 Å². The third kappa shape index (κ3) is 4.50. The van der Waals surface area contributed by atoms with E-state index in [4.69, 9.17) is 9.47 Å². The number of carbonyl (C=O) groups is 2. The molecule has 0 aliphatic carbocycles. The van der Waals surface area contributed by atoms with Gasteiger partial charge in [0.1, 0.15) is 5.69 Å². The number of para-hydroxylation sites is 1. The van der Waals surface area contributed by atoms with Gasteiger partial charge in [-0.15, -0.1) is 0 Å². The standard InChI is InChI=1S/C16H18N4O4/c1-23-10-9-17-14(21)13-7-8-18-16(20-13)19-12-6-4-3-5-11(12)15(22)24-2/h3-8H,9-10H2,1-2H3,(H,17,21)(H,18,19,20). The maximum absolute atomic E-state index is 12.0. The lowest BCUT2D eigenvalue weighted by Crippen LogP contribution is -2.27. The van der Waals surface area contributed by atoms with E-state index in [1.165, 1.54) is 19.4 Å². The van der Waals surface area contributed by atoms with Gasteiger partial charge in [0, 0.05) is 19.9 Å². The zero-order valence-electron chi connectivity index (χ0n) is 13.4. The Hall–Kier alpha value is -3.00. The van der Waals surface area contributed by atoms with Gasteiger partial charge >= 0.3 is 5.97 Å². The Morgan fingerprint density at radius 3 is 2.71 bits per heavy atom. The van der Waals surface area contributed by atoms with E-state index < -0.39 is 5.97 Å². The van der Waals surface area contributed by atoms with Crippen molar-refractivity contribution in [3.63, 3.8) is 0 Å². The van der Waals surface area contributed by atoms with E-state index in [0.29, 0.717) is 24.4 Å². The third-order valence-corrected chi connectivity index (χ3v) is 3.06. The molecule has 0 fully saturated rings. The summed E-state index contributed by atoms with van der Waals surface area (Å²) in [5.41, 5.74) is 1.04. The molecule has 8 nitrogen and oxygen atoms in total. The summed E-state index contributed by atoms with van der Waals surface area (Å²) in [5, 5.41) is 5.60. The minimum atomic E-state index is -0.480. The maximum atomic E-state index is 12.0. The number of carbonyl (C=O) groups excluding carboxylic acids is 2. The number of rotatable bonds is 7. The zero-order valence-corrected chi connectivity index (χ0v) is 13.4. The average molecular weight is 330 g/mol. The largest absolute Gasteiger partial charge is 0.465 e. The molecule has 0 saturated carbocycles. The molecule has 1 aromatic carbocycles. The van der Waals surface area contributed by atoms with Crippen LogP contribution < -0.4 is 10.6 Å². The van der Waals surface area contributed by atoms with Crippen LogP contribution in [0.2, 0.25) is 0 Å². The van der Waals surface area contributed by atoms with E-state index in [2.05, 4.69) is 20.6 Å². The molecule has 0 spiro atoms.